The largest absolute Gasteiger partial charge is 0.342 e. The van der Waals surface area contributed by atoms with Crippen LogP contribution >= 0.6 is 0 Å². The summed E-state index contributed by atoms with van der Waals surface area (Å²) in [5.74, 6) is 0.921. The van der Waals surface area contributed by atoms with E-state index in [0.717, 1.165) is 28.8 Å². The van der Waals surface area contributed by atoms with E-state index in [-0.39, 0.29) is 0 Å². The Balaban J connectivity index is 2.10. The number of rotatable bonds is 4. The summed E-state index contributed by atoms with van der Waals surface area (Å²) in [6.45, 7) is 2.44. The average Bonchev–Trinajstić information content (AvgIpc) is 2.68. The molecule has 86 valence electrons. The molecule has 0 radical (unpaired) electrons. The van der Waals surface area contributed by atoms with Crippen molar-refractivity contribution in [2.75, 3.05) is 6.54 Å². The highest BCUT2D eigenvalue weighted by atomic mass is 15.1. The van der Waals surface area contributed by atoms with Gasteiger partial charge >= 0.3 is 0 Å². The van der Waals surface area contributed by atoms with Gasteiger partial charge in [-0.2, -0.15) is 0 Å². The van der Waals surface area contributed by atoms with Gasteiger partial charge in [0, 0.05) is 11.5 Å². The van der Waals surface area contributed by atoms with Crippen molar-refractivity contribution in [2.45, 2.75) is 13.3 Å². The normalized spacial score (nSPS) is 10.9. The molecular weight excluding hydrogens is 214 g/mol. The number of hydrogen-bond donors (Lipinski definition) is 1. The molecule has 0 saturated carbocycles. The molecule has 0 unspecified atom stereocenters. The van der Waals surface area contributed by atoms with Crippen LogP contribution in [0.1, 0.15) is 17.8 Å². The van der Waals surface area contributed by atoms with E-state index < -0.39 is 0 Å². The van der Waals surface area contributed by atoms with E-state index in [1.165, 1.54) is 0 Å². The Kier molecular flexibility index (Phi) is 3.43. The van der Waals surface area contributed by atoms with Crippen LogP contribution in [0.25, 0.3) is 27.6 Å². The number of H-pyrrole nitrogens is 1. The van der Waals surface area contributed by atoms with Crippen LogP contribution in [0.3, 0.4) is 0 Å². The Hall–Kier alpha value is -2.26. The van der Waals surface area contributed by atoms with Crippen LogP contribution in [-0.4, -0.2) is 16.5 Å². The summed E-state index contributed by atoms with van der Waals surface area (Å²) in [6.07, 6.45) is 4.77. The zero-order chi connectivity index (χ0) is 12.1. The second-order valence-electron chi connectivity index (χ2n) is 3.74. The van der Waals surface area contributed by atoms with Crippen LogP contribution in [0.2, 0.25) is 0 Å². The summed E-state index contributed by atoms with van der Waals surface area (Å²) in [5, 5.41) is 3.47. The molecule has 0 aliphatic heterocycles. The number of aromatic amines is 1. The van der Waals surface area contributed by atoms with Crippen molar-refractivity contribution in [3.05, 3.63) is 46.1 Å². The first-order valence-electron chi connectivity index (χ1n) is 5.43. The molecule has 1 aromatic carbocycles. The number of fused-ring (bicyclic) bond motifs is 1. The molecule has 1 N–H and O–H groups in total. The van der Waals surface area contributed by atoms with Crippen LogP contribution in [0, 0.1) is 6.92 Å². The van der Waals surface area contributed by atoms with Gasteiger partial charge in [-0.1, -0.05) is 23.3 Å². The maximum Gasteiger partial charge on any atom is 0.104 e. The number of benzene rings is 1. The minimum Gasteiger partial charge on any atom is -0.342 e. The first-order valence-corrected chi connectivity index (χ1v) is 5.43. The molecule has 1 aromatic heterocycles. The van der Waals surface area contributed by atoms with Gasteiger partial charge in [-0.15, -0.1) is 0 Å². The fourth-order valence-electron chi connectivity index (χ4n) is 1.65. The lowest BCUT2D eigenvalue weighted by molar-refractivity contribution is 0.996. The molecule has 0 bridgehead atoms. The lowest BCUT2D eigenvalue weighted by atomic mass is 10.2. The first-order chi connectivity index (χ1) is 8.29. The molecule has 0 aliphatic carbocycles. The molecule has 0 aliphatic rings. The Labute approximate surface area is 98.8 Å². The van der Waals surface area contributed by atoms with E-state index in [4.69, 9.17) is 5.53 Å². The molecule has 0 spiro atoms. The zero-order valence-electron chi connectivity index (χ0n) is 9.59. The highest BCUT2D eigenvalue weighted by molar-refractivity contribution is 5.78. The molecule has 0 saturated heterocycles. The molecule has 2 aromatic rings. The fraction of sp³-hybridized carbons (Fsp3) is 0.250. The smallest absolute Gasteiger partial charge is 0.104 e. The molecule has 2 rings (SSSR count). The van der Waals surface area contributed by atoms with Crippen LogP contribution in [0.5, 0.6) is 0 Å². The number of aromatic nitrogens is 2. The van der Waals surface area contributed by atoms with E-state index in [9.17, 15) is 0 Å². The molecule has 17 heavy (non-hydrogen) atoms. The van der Waals surface area contributed by atoms with Crippen molar-refractivity contribution < 1.29 is 0 Å². The van der Waals surface area contributed by atoms with Crippen molar-refractivity contribution in [3.8, 4) is 0 Å². The number of nitrogens with zero attached hydrogens (tertiary/aromatic N) is 4. The third-order valence-corrected chi connectivity index (χ3v) is 2.39. The Bertz CT molecular complexity index is 590. The summed E-state index contributed by atoms with van der Waals surface area (Å²) in [7, 11) is 0. The predicted octanol–water partition coefficient (Wildman–Crippen LogP) is 3.58. The van der Waals surface area contributed by atoms with Crippen molar-refractivity contribution in [3.63, 3.8) is 0 Å². The number of azide groups is 1. The molecule has 0 amide bonds. The third kappa shape index (κ3) is 2.86. The van der Waals surface area contributed by atoms with Gasteiger partial charge in [0.1, 0.15) is 5.82 Å². The summed E-state index contributed by atoms with van der Waals surface area (Å²) in [4.78, 5) is 10.2. The lowest BCUT2D eigenvalue weighted by Gasteiger charge is -1.93. The number of hydrogen-bond acceptors (Lipinski definition) is 2. The van der Waals surface area contributed by atoms with Gasteiger partial charge in [0.2, 0.25) is 0 Å². The Morgan fingerprint density at radius 2 is 2.41 bits per heavy atom. The third-order valence-electron chi connectivity index (χ3n) is 2.39. The van der Waals surface area contributed by atoms with Gasteiger partial charge < -0.3 is 4.98 Å². The lowest BCUT2D eigenvalue weighted by Crippen LogP contribution is -1.76. The molecule has 5 heteroatoms. The van der Waals surface area contributed by atoms with Crippen LogP contribution in [-0.2, 0) is 0 Å². The summed E-state index contributed by atoms with van der Waals surface area (Å²) in [5.41, 5.74) is 11.3. The monoisotopic (exact) mass is 227 g/mol. The fourth-order valence-corrected chi connectivity index (χ4v) is 1.65. The average molecular weight is 227 g/mol. The predicted molar refractivity (Wildman–Crippen MR) is 68.5 cm³/mol. The quantitative estimate of drug-likeness (QED) is 0.368. The van der Waals surface area contributed by atoms with Crippen molar-refractivity contribution in [2.24, 2.45) is 5.11 Å². The van der Waals surface area contributed by atoms with Gasteiger partial charge in [-0.25, -0.2) is 4.98 Å². The van der Waals surface area contributed by atoms with E-state index >= 15 is 0 Å². The second-order valence-corrected chi connectivity index (χ2v) is 3.74. The minimum absolute atomic E-state index is 0.498. The highest BCUT2D eigenvalue weighted by Gasteiger charge is 1.98. The molecular formula is C12H13N5. The zero-order valence-corrected chi connectivity index (χ0v) is 9.59. The minimum atomic E-state index is 0.498. The second kappa shape index (κ2) is 5.18. The van der Waals surface area contributed by atoms with E-state index in [0.29, 0.717) is 6.54 Å². The standard InChI is InChI=1S/C12H13N5/c1-9-15-11-6-5-10(8-12(11)16-9)4-2-3-7-14-17-13/h2,4-6,8H,3,7H2,1H3,(H,15,16). The molecule has 0 atom stereocenters. The van der Waals surface area contributed by atoms with Gasteiger partial charge in [0.05, 0.1) is 11.0 Å². The van der Waals surface area contributed by atoms with Crippen LogP contribution in [0.4, 0.5) is 0 Å². The Morgan fingerprint density at radius 1 is 1.53 bits per heavy atom. The maximum absolute atomic E-state index is 8.13. The summed E-state index contributed by atoms with van der Waals surface area (Å²) >= 11 is 0. The van der Waals surface area contributed by atoms with Gasteiger partial charge in [0.15, 0.2) is 0 Å². The van der Waals surface area contributed by atoms with Crippen molar-refractivity contribution in [1.29, 1.82) is 0 Å². The van der Waals surface area contributed by atoms with E-state index in [1.54, 1.807) is 0 Å². The highest BCUT2D eigenvalue weighted by Crippen LogP contribution is 2.14. The van der Waals surface area contributed by atoms with Gasteiger partial charge in [-0.05, 0) is 36.6 Å². The summed E-state index contributed by atoms with van der Waals surface area (Å²) in [6, 6.07) is 6.07. The van der Waals surface area contributed by atoms with Gasteiger partial charge in [-0.3, -0.25) is 0 Å². The number of nitrogens with one attached hydrogen (secondary N) is 1. The number of aryl methyl sites for hydroxylation is 1. The van der Waals surface area contributed by atoms with E-state index in [2.05, 4.69) is 26.1 Å². The maximum atomic E-state index is 8.13. The van der Waals surface area contributed by atoms with Crippen molar-refractivity contribution >= 4 is 17.1 Å². The van der Waals surface area contributed by atoms with Crippen molar-refractivity contribution in [1.82, 2.24) is 9.97 Å². The van der Waals surface area contributed by atoms with E-state index in [1.807, 2.05) is 31.2 Å². The molecule has 1 heterocycles. The van der Waals surface area contributed by atoms with Crippen LogP contribution < -0.4 is 0 Å². The SMILES string of the molecule is Cc1nc2ccc(C=CCCN=[N+]=[N-])cc2[nH]1. The molecule has 5 nitrogen and oxygen atoms in total. The topological polar surface area (TPSA) is 77.4 Å². The van der Waals surface area contributed by atoms with Crippen LogP contribution in [0.15, 0.2) is 29.4 Å². The Morgan fingerprint density at radius 3 is 3.24 bits per heavy atom. The van der Waals surface area contributed by atoms with Gasteiger partial charge in [0.25, 0.3) is 0 Å². The summed E-state index contributed by atoms with van der Waals surface area (Å²) < 4.78 is 0. The number of imidazole rings is 1. The first kappa shape index (κ1) is 11.2. The molecule has 0 fully saturated rings.